The number of hydrogen-bond acceptors (Lipinski definition) is 1. The third-order valence-corrected chi connectivity index (χ3v) is 5.85. The first kappa shape index (κ1) is 22.9. The number of nitrogens with zero attached hydrogens (tertiary/aromatic N) is 1. The molecule has 0 aliphatic rings. The van der Waals surface area contributed by atoms with Gasteiger partial charge < -0.3 is 4.57 Å². The van der Waals surface area contributed by atoms with Crippen LogP contribution in [0.4, 0.5) is 8.78 Å². The Morgan fingerprint density at radius 1 is 0.935 bits per heavy atom. The van der Waals surface area contributed by atoms with Crippen LogP contribution in [-0.4, -0.2) is 10.4 Å². The lowest BCUT2D eigenvalue weighted by Crippen LogP contribution is -2.12. The molecule has 0 aliphatic carbocycles. The van der Waals surface area contributed by atoms with Gasteiger partial charge in [-0.25, -0.2) is 8.78 Å². The standard InChI is InChI=1S/C27H31F2NO/c1-5-21-24(6-2)30(17-20-10-8-7-9-11-20)27(18(3)4)26(21)25(31)15-13-19-12-14-22(28)23(29)16-19/h7-12,14,16,18H,5-6,13,15,17H2,1-4H3. The van der Waals surface area contributed by atoms with Gasteiger partial charge >= 0.3 is 0 Å². The van der Waals surface area contributed by atoms with E-state index in [9.17, 15) is 13.6 Å². The summed E-state index contributed by atoms with van der Waals surface area (Å²) in [4.78, 5) is 13.4. The van der Waals surface area contributed by atoms with Crippen LogP contribution in [0.5, 0.6) is 0 Å². The van der Waals surface area contributed by atoms with E-state index in [0.29, 0.717) is 12.0 Å². The van der Waals surface area contributed by atoms with E-state index in [1.807, 2.05) is 18.2 Å². The SMILES string of the molecule is CCc1c(C(=O)CCc2ccc(F)c(F)c2)c(C(C)C)n(Cc2ccccc2)c1CC. The second-order valence-corrected chi connectivity index (χ2v) is 8.29. The molecule has 1 heterocycles. The van der Waals surface area contributed by atoms with Crippen molar-refractivity contribution in [2.45, 2.75) is 65.8 Å². The van der Waals surface area contributed by atoms with Gasteiger partial charge in [0.2, 0.25) is 0 Å². The molecule has 0 amide bonds. The molecule has 2 nitrogen and oxygen atoms in total. The molecule has 0 N–H and O–H groups in total. The zero-order valence-corrected chi connectivity index (χ0v) is 18.8. The number of carbonyl (C=O) groups excluding carboxylic acids is 1. The molecular formula is C27H31F2NO. The molecule has 2 aromatic carbocycles. The molecule has 0 saturated carbocycles. The van der Waals surface area contributed by atoms with E-state index in [4.69, 9.17) is 0 Å². The van der Waals surface area contributed by atoms with Gasteiger partial charge in [0.05, 0.1) is 0 Å². The maximum atomic E-state index is 13.6. The minimum atomic E-state index is -0.871. The van der Waals surface area contributed by atoms with Gasteiger partial charge in [-0.05, 0) is 54.0 Å². The van der Waals surface area contributed by atoms with Crippen molar-refractivity contribution in [3.63, 3.8) is 0 Å². The molecule has 0 unspecified atom stereocenters. The molecule has 0 fully saturated rings. The normalized spacial score (nSPS) is 11.3. The van der Waals surface area contributed by atoms with E-state index in [-0.39, 0.29) is 18.1 Å². The summed E-state index contributed by atoms with van der Waals surface area (Å²) in [5.74, 6) is -1.47. The Kier molecular flexibility index (Phi) is 7.42. The van der Waals surface area contributed by atoms with Crippen molar-refractivity contribution in [3.8, 4) is 0 Å². The average molecular weight is 424 g/mol. The molecule has 0 bridgehead atoms. The van der Waals surface area contributed by atoms with E-state index >= 15 is 0 Å². The maximum absolute atomic E-state index is 13.6. The minimum Gasteiger partial charge on any atom is -0.343 e. The maximum Gasteiger partial charge on any atom is 0.165 e. The summed E-state index contributed by atoms with van der Waals surface area (Å²) < 4.78 is 29.1. The highest BCUT2D eigenvalue weighted by Gasteiger charge is 2.26. The average Bonchev–Trinajstić information content (AvgIpc) is 3.08. The highest BCUT2D eigenvalue weighted by molar-refractivity contribution is 5.99. The van der Waals surface area contributed by atoms with Crippen LogP contribution in [0.3, 0.4) is 0 Å². The molecule has 3 rings (SSSR count). The van der Waals surface area contributed by atoms with E-state index in [1.54, 1.807) is 6.07 Å². The quantitative estimate of drug-likeness (QED) is 0.344. The molecule has 0 radical (unpaired) electrons. The topological polar surface area (TPSA) is 22.0 Å². The third kappa shape index (κ3) is 4.95. The van der Waals surface area contributed by atoms with Crippen LogP contribution in [0.25, 0.3) is 0 Å². The molecule has 0 saturated heterocycles. The number of halogens is 2. The van der Waals surface area contributed by atoms with Crippen LogP contribution in [0.1, 0.15) is 78.5 Å². The van der Waals surface area contributed by atoms with E-state index < -0.39 is 11.6 Å². The van der Waals surface area contributed by atoms with Crippen molar-refractivity contribution in [2.24, 2.45) is 0 Å². The molecule has 0 atom stereocenters. The summed E-state index contributed by atoms with van der Waals surface area (Å²) in [5, 5.41) is 0. The fourth-order valence-electron chi connectivity index (χ4n) is 4.46. The summed E-state index contributed by atoms with van der Waals surface area (Å²) in [6.07, 6.45) is 2.31. The minimum absolute atomic E-state index is 0.0757. The Morgan fingerprint density at radius 3 is 2.23 bits per heavy atom. The van der Waals surface area contributed by atoms with E-state index in [1.165, 1.54) is 17.3 Å². The van der Waals surface area contributed by atoms with Gasteiger partial charge in [-0.15, -0.1) is 0 Å². The highest BCUT2D eigenvalue weighted by Crippen LogP contribution is 2.32. The Morgan fingerprint density at radius 2 is 1.65 bits per heavy atom. The number of hydrogen-bond donors (Lipinski definition) is 0. The summed E-state index contributed by atoms with van der Waals surface area (Å²) in [6, 6.07) is 14.2. The third-order valence-electron chi connectivity index (χ3n) is 5.85. The summed E-state index contributed by atoms with van der Waals surface area (Å²) in [6.45, 7) is 9.22. The van der Waals surface area contributed by atoms with Crippen LogP contribution in [0, 0.1) is 11.6 Å². The predicted molar refractivity (Wildman–Crippen MR) is 122 cm³/mol. The lowest BCUT2D eigenvalue weighted by atomic mass is 9.94. The van der Waals surface area contributed by atoms with Crippen molar-refractivity contribution in [2.75, 3.05) is 0 Å². The van der Waals surface area contributed by atoms with Gasteiger partial charge in [0.1, 0.15) is 0 Å². The fraction of sp³-hybridized carbons (Fsp3) is 0.370. The monoisotopic (exact) mass is 423 g/mol. The zero-order chi connectivity index (χ0) is 22.5. The number of benzene rings is 2. The summed E-state index contributed by atoms with van der Waals surface area (Å²) >= 11 is 0. The van der Waals surface area contributed by atoms with Crippen LogP contribution < -0.4 is 0 Å². The van der Waals surface area contributed by atoms with Crippen molar-refractivity contribution >= 4 is 5.78 Å². The lowest BCUT2D eigenvalue weighted by Gasteiger charge is -2.17. The second-order valence-electron chi connectivity index (χ2n) is 8.29. The molecule has 164 valence electrons. The fourth-order valence-corrected chi connectivity index (χ4v) is 4.46. The van der Waals surface area contributed by atoms with Crippen LogP contribution >= 0.6 is 0 Å². The van der Waals surface area contributed by atoms with E-state index in [0.717, 1.165) is 42.3 Å². The predicted octanol–water partition coefficient (Wildman–Crippen LogP) is 6.88. The number of carbonyl (C=O) groups is 1. The Hall–Kier alpha value is -2.75. The number of aromatic nitrogens is 1. The molecule has 31 heavy (non-hydrogen) atoms. The molecule has 3 aromatic rings. The van der Waals surface area contributed by atoms with Gasteiger partial charge in [-0.3, -0.25) is 4.79 Å². The first-order valence-corrected chi connectivity index (χ1v) is 11.1. The molecule has 4 heteroatoms. The van der Waals surface area contributed by atoms with Crippen LogP contribution in [-0.2, 0) is 25.8 Å². The first-order valence-electron chi connectivity index (χ1n) is 11.1. The van der Waals surface area contributed by atoms with E-state index in [2.05, 4.69) is 44.4 Å². The summed E-state index contributed by atoms with van der Waals surface area (Å²) in [5.41, 5.74) is 6.08. The molecule has 0 spiro atoms. The Bertz CT molecular complexity index is 1050. The van der Waals surface area contributed by atoms with Gasteiger partial charge in [0, 0.05) is 29.9 Å². The van der Waals surface area contributed by atoms with Crippen LogP contribution in [0.2, 0.25) is 0 Å². The number of aryl methyl sites for hydroxylation is 1. The van der Waals surface area contributed by atoms with Crippen molar-refractivity contribution in [1.29, 1.82) is 0 Å². The molecular weight excluding hydrogens is 392 g/mol. The molecule has 1 aromatic heterocycles. The highest BCUT2D eigenvalue weighted by atomic mass is 19.2. The zero-order valence-electron chi connectivity index (χ0n) is 18.8. The van der Waals surface area contributed by atoms with Crippen molar-refractivity contribution in [1.82, 2.24) is 4.57 Å². The van der Waals surface area contributed by atoms with Crippen molar-refractivity contribution in [3.05, 3.63) is 93.8 Å². The van der Waals surface area contributed by atoms with Crippen molar-refractivity contribution < 1.29 is 13.6 Å². The lowest BCUT2D eigenvalue weighted by molar-refractivity contribution is 0.0980. The number of ketones is 1. The Labute approximate surface area is 183 Å². The number of rotatable bonds is 9. The van der Waals surface area contributed by atoms with Gasteiger partial charge in [0.25, 0.3) is 0 Å². The summed E-state index contributed by atoms with van der Waals surface area (Å²) in [7, 11) is 0. The van der Waals surface area contributed by atoms with Crippen LogP contribution in [0.15, 0.2) is 48.5 Å². The smallest absolute Gasteiger partial charge is 0.165 e. The first-order chi connectivity index (χ1) is 14.9. The largest absolute Gasteiger partial charge is 0.343 e. The molecule has 0 aliphatic heterocycles. The van der Waals surface area contributed by atoms with Gasteiger partial charge in [-0.1, -0.05) is 64.1 Å². The van der Waals surface area contributed by atoms with Gasteiger partial charge in [-0.2, -0.15) is 0 Å². The second kappa shape index (κ2) is 10.0. The number of Topliss-reactive ketones (excluding diaryl/α,β-unsaturated/α-hetero) is 1. The Balaban J connectivity index is 1.99. The van der Waals surface area contributed by atoms with Gasteiger partial charge in [0.15, 0.2) is 17.4 Å².